The maximum atomic E-state index is 12.5. The lowest BCUT2D eigenvalue weighted by atomic mass is 10.1. The molecule has 0 aliphatic carbocycles. The summed E-state index contributed by atoms with van der Waals surface area (Å²) >= 11 is 0. The smallest absolute Gasteiger partial charge is 0.262 e. The second-order valence-corrected chi connectivity index (χ2v) is 6.79. The summed E-state index contributed by atoms with van der Waals surface area (Å²) in [5.74, 6) is 0.0364. The highest BCUT2D eigenvalue weighted by atomic mass is 16.5. The predicted octanol–water partition coefficient (Wildman–Crippen LogP) is 2.32. The lowest BCUT2D eigenvalue weighted by Gasteiger charge is -2.19. The minimum Gasteiger partial charge on any atom is -0.490 e. The van der Waals surface area contributed by atoms with E-state index in [1.165, 1.54) is 0 Å². The third-order valence-electron chi connectivity index (χ3n) is 4.83. The second kappa shape index (κ2) is 7.34. The van der Waals surface area contributed by atoms with Crippen LogP contribution >= 0.6 is 0 Å². The van der Waals surface area contributed by atoms with E-state index in [1.54, 1.807) is 24.3 Å². The summed E-state index contributed by atoms with van der Waals surface area (Å²) in [5, 5.41) is 2.83. The fourth-order valence-corrected chi connectivity index (χ4v) is 3.35. The molecule has 2 aliphatic heterocycles. The molecule has 2 aliphatic rings. The molecule has 0 bridgehead atoms. The summed E-state index contributed by atoms with van der Waals surface area (Å²) in [6.45, 7) is 2.71. The van der Waals surface area contributed by atoms with Crippen molar-refractivity contribution in [3.63, 3.8) is 0 Å². The van der Waals surface area contributed by atoms with Crippen LogP contribution in [-0.4, -0.2) is 42.4 Å². The van der Waals surface area contributed by atoms with Crippen molar-refractivity contribution in [2.45, 2.75) is 19.4 Å². The topological polar surface area (TPSA) is 84.9 Å². The summed E-state index contributed by atoms with van der Waals surface area (Å²) in [4.78, 5) is 38.2. The Morgan fingerprint density at radius 3 is 2.36 bits per heavy atom. The lowest BCUT2D eigenvalue weighted by Crippen LogP contribution is -2.41. The molecule has 0 radical (unpaired) electrons. The molecule has 2 aromatic rings. The summed E-state index contributed by atoms with van der Waals surface area (Å²) in [6.07, 6.45) is 0.816. The van der Waals surface area contributed by atoms with Crippen molar-refractivity contribution >= 4 is 17.7 Å². The van der Waals surface area contributed by atoms with Gasteiger partial charge in [0.2, 0.25) is 5.91 Å². The number of nitrogens with zero attached hydrogens (tertiary/aromatic N) is 1. The van der Waals surface area contributed by atoms with E-state index in [9.17, 15) is 14.4 Å². The number of hydrogen-bond donors (Lipinski definition) is 1. The summed E-state index contributed by atoms with van der Waals surface area (Å²) in [5.41, 5.74) is 1.51. The first-order chi connectivity index (χ1) is 13.5. The van der Waals surface area contributed by atoms with Gasteiger partial charge in [0.1, 0.15) is 6.54 Å². The highest BCUT2D eigenvalue weighted by Crippen LogP contribution is 2.32. The van der Waals surface area contributed by atoms with Gasteiger partial charge in [0, 0.05) is 6.42 Å². The van der Waals surface area contributed by atoms with Gasteiger partial charge in [-0.05, 0) is 36.8 Å². The van der Waals surface area contributed by atoms with Gasteiger partial charge in [0.05, 0.1) is 30.4 Å². The Bertz CT molecular complexity index is 921. The van der Waals surface area contributed by atoms with Crippen molar-refractivity contribution in [1.82, 2.24) is 10.2 Å². The molecule has 7 heteroatoms. The van der Waals surface area contributed by atoms with Crippen LogP contribution in [0, 0.1) is 0 Å². The number of fused-ring (bicyclic) bond motifs is 2. The van der Waals surface area contributed by atoms with Gasteiger partial charge in [-0.25, -0.2) is 0 Å². The SMILES string of the molecule is CC(NC(=O)CN1C(=O)c2ccccc2C1=O)c1ccc2c(c1)OCCCO2. The van der Waals surface area contributed by atoms with E-state index in [0.717, 1.165) is 16.9 Å². The molecule has 0 saturated heterocycles. The van der Waals surface area contributed by atoms with Crippen LogP contribution < -0.4 is 14.8 Å². The van der Waals surface area contributed by atoms with Crippen molar-refractivity contribution in [3.8, 4) is 11.5 Å². The van der Waals surface area contributed by atoms with E-state index in [1.807, 2.05) is 25.1 Å². The molecule has 0 aromatic heterocycles. The first-order valence-corrected chi connectivity index (χ1v) is 9.19. The van der Waals surface area contributed by atoms with Gasteiger partial charge < -0.3 is 14.8 Å². The van der Waals surface area contributed by atoms with Crippen LogP contribution in [0.4, 0.5) is 0 Å². The van der Waals surface area contributed by atoms with Crippen LogP contribution in [0.3, 0.4) is 0 Å². The Morgan fingerprint density at radius 1 is 1.04 bits per heavy atom. The molecule has 0 fully saturated rings. The molecule has 1 atom stereocenters. The van der Waals surface area contributed by atoms with Gasteiger partial charge in [-0.3, -0.25) is 19.3 Å². The van der Waals surface area contributed by atoms with Crippen molar-refractivity contribution in [2.75, 3.05) is 19.8 Å². The monoisotopic (exact) mass is 380 g/mol. The maximum Gasteiger partial charge on any atom is 0.262 e. The van der Waals surface area contributed by atoms with E-state index >= 15 is 0 Å². The zero-order valence-corrected chi connectivity index (χ0v) is 15.4. The fraction of sp³-hybridized carbons (Fsp3) is 0.286. The molecule has 2 heterocycles. The van der Waals surface area contributed by atoms with Crippen LogP contribution in [0.25, 0.3) is 0 Å². The van der Waals surface area contributed by atoms with Crippen LogP contribution in [0.5, 0.6) is 11.5 Å². The molecule has 2 aromatic carbocycles. The average molecular weight is 380 g/mol. The number of nitrogens with one attached hydrogen (secondary N) is 1. The van der Waals surface area contributed by atoms with Crippen LogP contribution in [0.2, 0.25) is 0 Å². The predicted molar refractivity (Wildman–Crippen MR) is 100 cm³/mol. The summed E-state index contributed by atoms with van der Waals surface area (Å²) < 4.78 is 11.3. The standard InChI is InChI=1S/C21H20N2O5/c1-13(14-7-8-17-18(11-14)28-10-4-9-27-17)22-19(24)12-23-20(25)15-5-2-3-6-16(15)21(23)26/h2-3,5-8,11,13H,4,9-10,12H2,1H3,(H,22,24). The number of carbonyl (C=O) groups is 3. The van der Waals surface area contributed by atoms with Gasteiger partial charge in [-0.15, -0.1) is 0 Å². The number of imide groups is 1. The number of benzene rings is 2. The number of hydrogen-bond acceptors (Lipinski definition) is 5. The van der Waals surface area contributed by atoms with Crippen molar-refractivity contribution in [1.29, 1.82) is 0 Å². The van der Waals surface area contributed by atoms with Gasteiger partial charge >= 0.3 is 0 Å². The van der Waals surface area contributed by atoms with Gasteiger partial charge in [-0.2, -0.15) is 0 Å². The molecule has 144 valence electrons. The normalized spacial score (nSPS) is 16.4. The Morgan fingerprint density at radius 2 is 1.68 bits per heavy atom. The Labute approximate surface area is 162 Å². The zero-order chi connectivity index (χ0) is 19.7. The third kappa shape index (κ3) is 3.31. The number of amides is 3. The van der Waals surface area contributed by atoms with Gasteiger partial charge in [0.15, 0.2) is 11.5 Å². The molecule has 28 heavy (non-hydrogen) atoms. The minimum absolute atomic E-state index is 0.318. The van der Waals surface area contributed by atoms with E-state index in [2.05, 4.69) is 5.32 Å². The van der Waals surface area contributed by atoms with Crippen molar-refractivity contribution in [3.05, 3.63) is 59.2 Å². The third-order valence-corrected chi connectivity index (χ3v) is 4.83. The fourth-order valence-electron chi connectivity index (χ4n) is 3.35. The van der Waals surface area contributed by atoms with Gasteiger partial charge in [-0.1, -0.05) is 18.2 Å². The van der Waals surface area contributed by atoms with Crippen molar-refractivity contribution in [2.24, 2.45) is 0 Å². The van der Waals surface area contributed by atoms with Crippen LogP contribution in [-0.2, 0) is 4.79 Å². The molecular formula is C21H20N2O5. The molecule has 0 spiro atoms. The molecular weight excluding hydrogens is 360 g/mol. The Balaban J connectivity index is 1.42. The highest BCUT2D eigenvalue weighted by molar-refractivity contribution is 6.22. The lowest BCUT2D eigenvalue weighted by molar-refractivity contribution is -0.122. The largest absolute Gasteiger partial charge is 0.490 e. The number of carbonyl (C=O) groups excluding carboxylic acids is 3. The number of ether oxygens (including phenoxy) is 2. The van der Waals surface area contributed by atoms with E-state index in [0.29, 0.717) is 35.8 Å². The molecule has 4 rings (SSSR count). The average Bonchev–Trinajstić information content (AvgIpc) is 2.86. The van der Waals surface area contributed by atoms with Gasteiger partial charge in [0.25, 0.3) is 11.8 Å². The van der Waals surface area contributed by atoms with Crippen molar-refractivity contribution < 1.29 is 23.9 Å². The van der Waals surface area contributed by atoms with Crippen LogP contribution in [0.1, 0.15) is 45.7 Å². The quantitative estimate of drug-likeness (QED) is 0.823. The maximum absolute atomic E-state index is 12.5. The Hall–Kier alpha value is -3.35. The van der Waals surface area contributed by atoms with E-state index in [4.69, 9.17) is 9.47 Å². The Kier molecular flexibility index (Phi) is 4.73. The first kappa shape index (κ1) is 18.0. The molecule has 1 N–H and O–H groups in total. The summed E-state index contributed by atoms with van der Waals surface area (Å²) in [7, 11) is 0. The second-order valence-electron chi connectivity index (χ2n) is 6.79. The molecule has 7 nitrogen and oxygen atoms in total. The number of rotatable bonds is 4. The molecule has 0 saturated carbocycles. The zero-order valence-electron chi connectivity index (χ0n) is 15.4. The molecule has 3 amide bonds. The van der Waals surface area contributed by atoms with Crippen LogP contribution in [0.15, 0.2) is 42.5 Å². The molecule has 1 unspecified atom stereocenters. The van der Waals surface area contributed by atoms with E-state index < -0.39 is 17.7 Å². The summed E-state index contributed by atoms with van der Waals surface area (Å²) in [6, 6.07) is 11.8. The minimum atomic E-state index is -0.445. The van der Waals surface area contributed by atoms with E-state index in [-0.39, 0.29) is 12.6 Å². The first-order valence-electron chi connectivity index (χ1n) is 9.19. The highest BCUT2D eigenvalue weighted by Gasteiger charge is 2.36.